The van der Waals surface area contributed by atoms with Crippen LogP contribution in [-0.4, -0.2) is 11.1 Å². The minimum atomic E-state index is -1.26. The van der Waals surface area contributed by atoms with Gasteiger partial charge in [0.05, 0.1) is 12.0 Å². The lowest BCUT2D eigenvalue weighted by atomic mass is 10.2. The van der Waals surface area contributed by atoms with E-state index in [2.05, 4.69) is 0 Å². The predicted octanol–water partition coefficient (Wildman–Crippen LogP) is 3.41. The van der Waals surface area contributed by atoms with Gasteiger partial charge in [0.2, 0.25) is 0 Å². The molecule has 0 aliphatic carbocycles. The molecule has 3 nitrogen and oxygen atoms in total. The van der Waals surface area contributed by atoms with Crippen LogP contribution in [-0.2, 0) is 5.75 Å². The third kappa shape index (κ3) is 2.68. The van der Waals surface area contributed by atoms with E-state index in [9.17, 15) is 9.18 Å². The molecule has 0 bridgehead atoms. The molecule has 5 heteroatoms. The van der Waals surface area contributed by atoms with Gasteiger partial charge in [0.1, 0.15) is 17.1 Å². The fourth-order valence-corrected chi connectivity index (χ4v) is 2.34. The van der Waals surface area contributed by atoms with E-state index in [0.717, 1.165) is 11.8 Å². The number of benzene rings is 1. The van der Waals surface area contributed by atoms with Gasteiger partial charge in [-0.3, -0.25) is 0 Å². The van der Waals surface area contributed by atoms with Crippen molar-refractivity contribution < 1.29 is 18.7 Å². The van der Waals surface area contributed by atoms with Gasteiger partial charge >= 0.3 is 5.97 Å². The van der Waals surface area contributed by atoms with E-state index in [4.69, 9.17) is 9.52 Å². The third-order valence-electron chi connectivity index (χ3n) is 2.14. The third-order valence-corrected chi connectivity index (χ3v) is 3.22. The molecule has 0 fully saturated rings. The van der Waals surface area contributed by atoms with Crippen molar-refractivity contribution >= 4 is 17.7 Å². The van der Waals surface area contributed by atoms with E-state index in [1.165, 1.54) is 17.8 Å². The molecule has 0 radical (unpaired) electrons. The maximum Gasteiger partial charge on any atom is 0.339 e. The van der Waals surface area contributed by atoms with E-state index >= 15 is 0 Å². The molecule has 0 saturated heterocycles. The molecule has 2 rings (SSSR count). The van der Waals surface area contributed by atoms with Gasteiger partial charge in [-0.15, -0.1) is 11.8 Å². The lowest BCUT2D eigenvalue weighted by molar-refractivity contribution is 0.0688. The van der Waals surface area contributed by atoms with Crippen LogP contribution in [0.15, 0.2) is 45.9 Å². The molecule has 1 heterocycles. The van der Waals surface area contributed by atoms with Crippen molar-refractivity contribution in [1.29, 1.82) is 0 Å². The number of aromatic carboxylic acids is 1. The number of rotatable bonds is 4. The zero-order valence-corrected chi connectivity index (χ0v) is 9.54. The maximum absolute atomic E-state index is 13.3. The van der Waals surface area contributed by atoms with Gasteiger partial charge in [0, 0.05) is 4.90 Å². The zero-order chi connectivity index (χ0) is 12.3. The molecule has 0 atom stereocenters. The Morgan fingerprint density at radius 3 is 2.82 bits per heavy atom. The highest BCUT2D eigenvalue weighted by Crippen LogP contribution is 2.28. The number of carboxylic acids is 1. The Balaban J connectivity index is 2.21. The molecule has 88 valence electrons. The zero-order valence-electron chi connectivity index (χ0n) is 8.72. The van der Waals surface area contributed by atoms with Crippen LogP contribution in [0.1, 0.15) is 16.1 Å². The molecule has 1 aromatic heterocycles. The molecule has 1 aromatic carbocycles. The Morgan fingerprint density at radius 2 is 2.18 bits per heavy atom. The molecule has 0 saturated carbocycles. The lowest BCUT2D eigenvalue weighted by Gasteiger charge is -2.05. The van der Waals surface area contributed by atoms with Crippen LogP contribution in [0, 0.1) is 5.82 Å². The van der Waals surface area contributed by atoms with Gasteiger partial charge in [-0.2, -0.15) is 0 Å². The number of carboxylic acid groups (broad SMARTS) is 1. The van der Waals surface area contributed by atoms with Crippen molar-refractivity contribution in [3.63, 3.8) is 0 Å². The second-order valence-corrected chi connectivity index (χ2v) is 4.30. The van der Waals surface area contributed by atoms with Gasteiger partial charge in [-0.05, 0) is 24.3 Å². The largest absolute Gasteiger partial charge is 0.478 e. The number of hydrogen-bond donors (Lipinski definition) is 1. The molecule has 0 aliphatic rings. The second kappa shape index (κ2) is 5.05. The van der Waals surface area contributed by atoms with Crippen molar-refractivity contribution in [2.24, 2.45) is 0 Å². The number of hydrogen-bond acceptors (Lipinski definition) is 3. The van der Waals surface area contributed by atoms with E-state index in [1.807, 2.05) is 0 Å². The van der Waals surface area contributed by atoms with Gasteiger partial charge < -0.3 is 9.52 Å². The molecule has 17 heavy (non-hydrogen) atoms. The molecular weight excluding hydrogens is 243 g/mol. The van der Waals surface area contributed by atoms with E-state index in [-0.39, 0.29) is 5.56 Å². The van der Waals surface area contributed by atoms with Crippen molar-refractivity contribution in [3.8, 4) is 0 Å². The highest BCUT2D eigenvalue weighted by Gasteiger charge is 2.16. The van der Waals surface area contributed by atoms with Crippen LogP contribution >= 0.6 is 11.8 Å². The molecule has 0 amide bonds. The smallest absolute Gasteiger partial charge is 0.339 e. The standard InChI is InChI=1S/C12H9FO3S/c13-9-4-1-5-10(11(9)12(14)15)17-7-8-3-2-6-16-8/h1-6H,7H2,(H,14,15). The van der Waals surface area contributed by atoms with Crippen molar-refractivity contribution in [3.05, 3.63) is 53.7 Å². The van der Waals surface area contributed by atoms with E-state index < -0.39 is 11.8 Å². The highest BCUT2D eigenvalue weighted by atomic mass is 32.2. The van der Waals surface area contributed by atoms with Gasteiger partial charge in [-0.1, -0.05) is 6.07 Å². The molecule has 2 aromatic rings. The Labute approximate surface area is 101 Å². The first-order chi connectivity index (χ1) is 8.18. The van der Waals surface area contributed by atoms with Gasteiger partial charge in [0.25, 0.3) is 0 Å². The average Bonchev–Trinajstić information content (AvgIpc) is 2.78. The Kier molecular flexibility index (Phi) is 3.49. The quantitative estimate of drug-likeness (QED) is 0.847. The summed E-state index contributed by atoms with van der Waals surface area (Å²) in [4.78, 5) is 11.3. The van der Waals surface area contributed by atoms with Crippen LogP contribution in [0.2, 0.25) is 0 Å². The number of furan rings is 1. The van der Waals surface area contributed by atoms with Crippen molar-refractivity contribution in [1.82, 2.24) is 0 Å². The molecular formula is C12H9FO3S. The molecule has 1 N–H and O–H groups in total. The van der Waals surface area contributed by atoms with Crippen LogP contribution < -0.4 is 0 Å². The monoisotopic (exact) mass is 252 g/mol. The molecule has 0 unspecified atom stereocenters. The maximum atomic E-state index is 13.3. The highest BCUT2D eigenvalue weighted by molar-refractivity contribution is 7.98. The van der Waals surface area contributed by atoms with Crippen LogP contribution in [0.5, 0.6) is 0 Å². The summed E-state index contributed by atoms with van der Waals surface area (Å²) in [7, 11) is 0. The fraction of sp³-hybridized carbons (Fsp3) is 0.0833. The normalized spacial score (nSPS) is 10.4. The summed E-state index contributed by atoms with van der Waals surface area (Å²) in [5.74, 6) is -0.793. The SMILES string of the molecule is O=C(O)c1c(F)cccc1SCc1ccco1. The van der Waals surface area contributed by atoms with Gasteiger partial charge in [-0.25, -0.2) is 9.18 Å². The number of carbonyl (C=O) groups is 1. The summed E-state index contributed by atoms with van der Waals surface area (Å²) >= 11 is 1.23. The second-order valence-electron chi connectivity index (χ2n) is 3.29. The fourth-order valence-electron chi connectivity index (χ4n) is 1.38. The predicted molar refractivity (Wildman–Crippen MR) is 61.6 cm³/mol. The first kappa shape index (κ1) is 11.7. The van der Waals surface area contributed by atoms with Gasteiger partial charge in [0.15, 0.2) is 0 Å². The molecule has 0 spiro atoms. The number of thioether (sulfide) groups is 1. The van der Waals surface area contributed by atoms with Crippen LogP contribution in [0.4, 0.5) is 4.39 Å². The summed E-state index contributed by atoms with van der Waals surface area (Å²) in [6, 6.07) is 7.75. The van der Waals surface area contributed by atoms with Crippen molar-refractivity contribution in [2.75, 3.05) is 0 Å². The Bertz CT molecular complexity index is 523. The minimum Gasteiger partial charge on any atom is -0.478 e. The summed E-state index contributed by atoms with van der Waals surface area (Å²) < 4.78 is 18.5. The number of halogens is 1. The lowest BCUT2D eigenvalue weighted by Crippen LogP contribution is -2.02. The van der Waals surface area contributed by atoms with Crippen LogP contribution in [0.3, 0.4) is 0 Å². The average molecular weight is 252 g/mol. The molecule has 0 aliphatic heterocycles. The summed E-state index contributed by atoms with van der Waals surface area (Å²) in [6.07, 6.45) is 1.54. The Hall–Kier alpha value is -1.75. The summed E-state index contributed by atoms with van der Waals surface area (Å²) in [5.41, 5.74) is -0.288. The summed E-state index contributed by atoms with van der Waals surface area (Å²) in [6.45, 7) is 0. The van der Waals surface area contributed by atoms with E-state index in [0.29, 0.717) is 10.6 Å². The van der Waals surface area contributed by atoms with E-state index in [1.54, 1.807) is 24.5 Å². The first-order valence-corrected chi connectivity index (χ1v) is 5.84. The summed E-state index contributed by atoms with van der Waals surface area (Å²) in [5, 5.41) is 8.93. The van der Waals surface area contributed by atoms with Crippen LogP contribution in [0.25, 0.3) is 0 Å². The minimum absolute atomic E-state index is 0.288. The Morgan fingerprint density at radius 1 is 1.35 bits per heavy atom. The van der Waals surface area contributed by atoms with Crippen molar-refractivity contribution in [2.45, 2.75) is 10.6 Å². The first-order valence-electron chi connectivity index (χ1n) is 4.85. The topological polar surface area (TPSA) is 50.4 Å².